The number of aromatic nitrogens is 4. The van der Waals surface area contributed by atoms with E-state index in [1.165, 1.54) is 38.8 Å². The molecule has 1 saturated carbocycles. The van der Waals surface area contributed by atoms with Crippen molar-refractivity contribution in [2.75, 3.05) is 39.9 Å². The number of hydrogen-bond acceptors (Lipinski definition) is 6. The quantitative estimate of drug-likeness (QED) is 0.753. The minimum Gasteiger partial charge on any atom is -0.383 e. The van der Waals surface area contributed by atoms with Crippen molar-refractivity contribution in [3.05, 3.63) is 5.82 Å². The number of ether oxygens (including phenoxy) is 1. The van der Waals surface area contributed by atoms with Crippen LogP contribution >= 0.6 is 0 Å². The third-order valence-corrected chi connectivity index (χ3v) is 5.55. The van der Waals surface area contributed by atoms with Gasteiger partial charge in [0.15, 0.2) is 5.82 Å². The molecular weight excluding hydrogens is 304 g/mol. The summed E-state index contributed by atoms with van der Waals surface area (Å²) in [4.78, 5) is 5.28. The molecule has 136 valence electrons. The predicted octanol–water partition coefficient (Wildman–Crippen LogP) is 1.58. The summed E-state index contributed by atoms with van der Waals surface area (Å²) in [7, 11) is 1.71. The van der Waals surface area contributed by atoms with Crippen LogP contribution in [0.5, 0.6) is 0 Å². The van der Waals surface area contributed by atoms with Crippen molar-refractivity contribution >= 4 is 0 Å². The monoisotopic (exact) mass is 336 g/mol. The zero-order valence-electron chi connectivity index (χ0n) is 15.4. The van der Waals surface area contributed by atoms with Gasteiger partial charge in [0.2, 0.25) is 0 Å². The van der Waals surface area contributed by atoms with E-state index in [2.05, 4.69) is 39.2 Å². The molecule has 2 aliphatic rings. The Morgan fingerprint density at radius 1 is 1.12 bits per heavy atom. The lowest BCUT2D eigenvalue weighted by atomic mass is 10.00. The van der Waals surface area contributed by atoms with Crippen molar-refractivity contribution in [1.82, 2.24) is 30.0 Å². The highest BCUT2D eigenvalue weighted by atomic mass is 16.5. The van der Waals surface area contributed by atoms with Crippen molar-refractivity contribution in [2.45, 2.75) is 58.2 Å². The molecule has 1 aromatic heterocycles. The zero-order valence-corrected chi connectivity index (χ0v) is 15.4. The number of nitrogens with zero attached hydrogens (tertiary/aromatic N) is 6. The molecule has 0 aromatic carbocycles. The summed E-state index contributed by atoms with van der Waals surface area (Å²) >= 11 is 0. The number of tetrazole rings is 1. The molecule has 1 aromatic rings. The van der Waals surface area contributed by atoms with Crippen molar-refractivity contribution in [1.29, 1.82) is 0 Å². The Labute approximate surface area is 145 Å². The fourth-order valence-electron chi connectivity index (χ4n) is 4.29. The van der Waals surface area contributed by atoms with E-state index in [4.69, 9.17) is 4.74 Å². The van der Waals surface area contributed by atoms with Crippen molar-refractivity contribution in [3.63, 3.8) is 0 Å². The highest BCUT2D eigenvalue weighted by molar-refractivity contribution is 4.97. The summed E-state index contributed by atoms with van der Waals surface area (Å²) in [6, 6.07) is 1.11. The maximum Gasteiger partial charge on any atom is 0.168 e. The van der Waals surface area contributed by atoms with Gasteiger partial charge < -0.3 is 4.74 Å². The van der Waals surface area contributed by atoms with Crippen LogP contribution in [-0.2, 0) is 11.3 Å². The molecular formula is C17H32N6O. The van der Waals surface area contributed by atoms with Gasteiger partial charge in [-0.3, -0.25) is 9.80 Å². The second kappa shape index (κ2) is 8.36. The number of rotatable bonds is 7. The largest absolute Gasteiger partial charge is 0.383 e. The van der Waals surface area contributed by atoms with Crippen LogP contribution in [0.15, 0.2) is 0 Å². The number of piperazine rings is 1. The molecule has 1 saturated heterocycles. The van der Waals surface area contributed by atoms with Crippen LogP contribution in [0.4, 0.5) is 0 Å². The topological polar surface area (TPSA) is 59.3 Å². The Morgan fingerprint density at radius 3 is 2.46 bits per heavy atom. The van der Waals surface area contributed by atoms with Crippen LogP contribution in [0, 0.1) is 5.92 Å². The summed E-state index contributed by atoms with van der Waals surface area (Å²) in [6.07, 6.45) is 5.60. The highest BCUT2D eigenvalue weighted by Crippen LogP contribution is 2.30. The molecule has 7 heteroatoms. The molecule has 0 amide bonds. The summed E-state index contributed by atoms with van der Waals surface area (Å²) < 4.78 is 7.10. The molecule has 24 heavy (non-hydrogen) atoms. The van der Waals surface area contributed by atoms with Crippen LogP contribution in [-0.4, -0.2) is 75.9 Å². The van der Waals surface area contributed by atoms with Gasteiger partial charge in [-0.1, -0.05) is 26.7 Å². The maximum absolute atomic E-state index is 5.19. The molecule has 1 atom stereocenters. The normalized spacial score (nSPS) is 22.5. The minimum absolute atomic E-state index is 0.280. The standard InChI is InChI=1S/C17H32N6O/c1-14(2)16(17-18-19-20-23(17)12-13-24-3)22-10-8-21(9-11-22)15-6-4-5-7-15/h14-16H,4-13H2,1-3H3/t16-/m0/s1. The van der Waals surface area contributed by atoms with Gasteiger partial charge in [0.1, 0.15) is 0 Å². The Kier molecular flexibility index (Phi) is 6.19. The lowest BCUT2D eigenvalue weighted by Gasteiger charge is -2.42. The van der Waals surface area contributed by atoms with Gasteiger partial charge in [-0.2, -0.15) is 0 Å². The van der Waals surface area contributed by atoms with E-state index in [-0.39, 0.29) is 6.04 Å². The second-order valence-corrected chi connectivity index (χ2v) is 7.45. The van der Waals surface area contributed by atoms with Gasteiger partial charge in [0, 0.05) is 39.3 Å². The van der Waals surface area contributed by atoms with Gasteiger partial charge >= 0.3 is 0 Å². The maximum atomic E-state index is 5.19. The third kappa shape index (κ3) is 3.95. The van der Waals surface area contributed by atoms with Crippen LogP contribution in [0.2, 0.25) is 0 Å². The molecule has 2 fully saturated rings. The third-order valence-electron chi connectivity index (χ3n) is 5.55. The van der Waals surface area contributed by atoms with Crippen molar-refractivity contribution in [3.8, 4) is 0 Å². The van der Waals surface area contributed by atoms with E-state index in [1.54, 1.807) is 7.11 Å². The SMILES string of the molecule is COCCn1nnnc1[C@H](C(C)C)N1CCN(C2CCCC2)CC1. The Hall–Kier alpha value is -1.05. The summed E-state index contributed by atoms with van der Waals surface area (Å²) in [6.45, 7) is 10.4. The molecule has 7 nitrogen and oxygen atoms in total. The fourth-order valence-corrected chi connectivity index (χ4v) is 4.29. The summed E-state index contributed by atoms with van der Waals surface area (Å²) in [5.41, 5.74) is 0. The van der Waals surface area contributed by atoms with E-state index in [1.807, 2.05) is 4.68 Å². The minimum atomic E-state index is 0.280. The second-order valence-electron chi connectivity index (χ2n) is 7.45. The first-order valence-corrected chi connectivity index (χ1v) is 9.43. The average Bonchev–Trinajstić information content (AvgIpc) is 3.25. The van der Waals surface area contributed by atoms with E-state index in [0.29, 0.717) is 19.1 Å². The van der Waals surface area contributed by atoms with Crippen molar-refractivity contribution < 1.29 is 4.74 Å². The van der Waals surface area contributed by atoms with Crippen molar-refractivity contribution in [2.24, 2.45) is 5.92 Å². The van der Waals surface area contributed by atoms with Crippen LogP contribution in [0.3, 0.4) is 0 Å². The molecule has 0 N–H and O–H groups in total. The molecule has 3 rings (SSSR count). The first-order chi connectivity index (χ1) is 11.7. The zero-order chi connectivity index (χ0) is 16.9. The summed E-state index contributed by atoms with van der Waals surface area (Å²) in [5, 5.41) is 12.4. The summed E-state index contributed by atoms with van der Waals surface area (Å²) in [5.74, 6) is 1.46. The van der Waals surface area contributed by atoms with E-state index < -0.39 is 0 Å². The average molecular weight is 336 g/mol. The van der Waals surface area contributed by atoms with Crippen LogP contribution in [0.25, 0.3) is 0 Å². The first-order valence-electron chi connectivity index (χ1n) is 9.43. The van der Waals surface area contributed by atoms with E-state index in [0.717, 1.165) is 25.0 Å². The number of methoxy groups -OCH3 is 1. The predicted molar refractivity (Wildman–Crippen MR) is 92.7 cm³/mol. The fraction of sp³-hybridized carbons (Fsp3) is 0.941. The highest BCUT2D eigenvalue weighted by Gasteiger charge is 2.33. The lowest BCUT2D eigenvalue weighted by Crippen LogP contribution is -2.51. The molecule has 0 radical (unpaired) electrons. The lowest BCUT2D eigenvalue weighted by molar-refractivity contribution is 0.0492. The molecule has 1 aliphatic heterocycles. The van der Waals surface area contributed by atoms with Gasteiger partial charge in [0.05, 0.1) is 19.2 Å². The van der Waals surface area contributed by atoms with Crippen LogP contribution < -0.4 is 0 Å². The van der Waals surface area contributed by atoms with Gasteiger partial charge in [-0.15, -0.1) is 5.10 Å². The molecule has 0 unspecified atom stereocenters. The van der Waals surface area contributed by atoms with Gasteiger partial charge in [-0.25, -0.2) is 4.68 Å². The number of hydrogen-bond donors (Lipinski definition) is 0. The van der Waals surface area contributed by atoms with Crippen LogP contribution in [0.1, 0.15) is 51.4 Å². The van der Waals surface area contributed by atoms with E-state index in [9.17, 15) is 0 Å². The first kappa shape index (κ1) is 17.8. The van der Waals surface area contributed by atoms with Gasteiger partial charge in [-0.05, 0) is 29.2 Å². The Morgan fingerprint density at radius 2 is 1.83 bits per heavy atom. The Bertz CT molecular complexity index is 491. The van der Waals surface area contributed by atoms with E-state index >= 15 is 0 Å². The van der Waals surface area contributed by atoms with Gasteiger partial charge in [0.25, 0.3) is 0 Å². The Balaban J connectivity index is 1.65. The molecule has 0 bridgehead atoms. The molecule has 1 aliphatic carbocycles. The molecule has 2 heterocycles. The molecule has 0 spiro atoms. The smallest absolute Gasteiger partial charge is 0.168 e.